The van der Waals surface area contributed by atoms with Crippen molar-refractivity contribution in [2.45, 2.75) is 0 Å². The van der Waals surface area contributed by atoms with Gasteiger partial charge in [0.15, 0.2) is 0 Å². The van der Waals surface area contributed by atoms with Gasteiger partial charge < -0.3 is 11.2 Å². The van der Waals surface area contributed by atoms with Gasteiger partial charge >= 0.3 is 0 Å². The first-order chi connectivity index (χ1) is 6.39. The molecule has 0 fully saturated rings. The molecule has 0 spiro atoms. The van der Waals surface area contributed by atoms with Crippen LogP contribution in [-0.4, -0.2) is 5.48 Å². The van der Waals surface area contributed by atoms with Crippen LogP contribution in [0.2, 0.25) is 0 Å². The molecule has 0 aliphatic carbocycles. The molecule has 14 heavy (non-hydrogen) atoms. The maximum atomic E-state index is 5.36. The second-order valence-electron chi connectivity index (χ2n) is 2.57. The van der Waals surface area contributed by atoms with Crippen LogP contribution in [0.4, 0.5) is 5.69 Å². The van der Waals surface area contributed by atoms with Gasteiger partial charge in [0.05, 0.1) is 0 Å². The molecular weight excluding hydrogens is 174 g/mol. The van der Waals surface area contributed by atoms with Gasteiger partial charge in [-0.2, -0.15) is 0 Å². The van der Waals surface area contributed by atoms with Gasteiger partial charge in [0.1, 0.15) is 0 Å². The van der Waals surface area contributed by atoms with Crippen molar-refractivity contribution in [2.75, 3.05) is 5.73 Å². The molecule has 0 aliphatic heterocycles. The Morgan fingerprint density at radius 2 is 0.857 bits per heavy atom. The van der Waals surface area contributed by atoms with Crippen molar-refractivity contribution < 1.29 is 5.48 Å². The molecule has 2 rings (SSSR count). The van der Waals surface area contributed by atoms with Crippen molar-refractivity contribution in [3.8, 4) is 0 Å². The van der Waals surface area contributed by atoms with Crippen molar-refractivity contribution in [1.29, 1.82) is 0 Å². The van der Waals surface area contributed by atoms with Gasteiger partial charge in [-0.15, -0.1) is 0 Å². The average Bonchev–Trinajstić information content (AvgIpc) is 2.22. The number of nitrogens with two attached hydrogens (primary N) is 1. The molecule has 2 heteroatoms. The number of benzene rings is 2. The van der Waals surface area contributed by atoms with Crippen molar-refractivity contribution in [3.05, 3.63) is 66.7 Å². The zero-order valence-corrected chi connectivity index (χ0v) is 7.93. The maximum Gasteiger partial charge on any atom is 0.0313 e. The van der Waals surface area contributed by atoms with Gasteiger partial charge in [-0.25, -0.2) is 0 Å². The van der Waals surface area contributed by atoms with E-state index in [-0.39, 0.29) is 5.48 Å². The van der Waals surface area contributed by atoms with Crippen LogP contribution < -0.4 is 5.73 Å². The third kappa shape index (κ3) is 5.80. The summed E-state index contributed by atoms with van der Waals surface area (Å²) in [6.45, 7) is 0. The van der Waals surface area contributed by atoms with Crippen LogP contribution in [-0.2, 0) is 0 Å². The lowest BCUT2D eigenvalue weighted by atomic mass is 10.3. The predicted molar refractivity (Wildman–Crippen MR) is 60.9 cm³/mol. The topological polar surface area (TPSA) is 57.5 Å². The minimum atomic E-state index is 0. The Morgan fingerprint density at radius 3 is 1.07 bits per heavy atom. The van der Waals surface area contributed by atoms with Crippen LogP contribution in [0.1, 0.15) is 0 Å². The van der Waals surface area contributed by atoms with Crippen molar-refractivity contribution in [2.24, 2.45) is 0 Å². The van der Waals surface area contributed by atoms with E-state index < -0.39 is 0 Å². The molecule has 0 radical (unpaired) electrons. The van der Waals surface area contributed by atoms with Crippen molar-refractivity contribution >= 4 is 5.69 Å². The standard InChI is InChI=1S/C6H7N.C6H6.H2O/c7-6-4-2-1-3-5-6;1-2-4-6-5-3-1;/h1-5H,7H2;1-6H;1H2. The summed E-state index contributed by atoms with van der Waals surface area (Å²) in [7, 11) is 0. The lowest BCUT2D eigenvalue weighted by molar-refractivity contribution is 0.824. The Balaban J connectivity index is 0.000000227. The van der Waals surface area contributed by atoms with E-state index >= 15 is 0 Å². The van der Waals surface area contributed by atoms with E-state index in [4.69, 9.17) is 5.73 Å². The highest BCUT2D eigenvalue weighted by Crippen LogP contribution is 1.95. The smallest absolute Gasteiger partial charge is 0.0313 e. The summed E-state index contributed by atoms with van der Waals surface area (Å²) < 4.78 is 0. The molecule has 0 bridgehead atoms. The molecule has 0 amide bonds. The Hall–Kier alpha value is -1.80. The molecule has 0 aliphatic rings. The van der Waals surface area contributed by atoms with Gasteiger partial charge in [0.25, 0.3) is 0 Å². The second kappa shape index (κ2) is 7.83. The molecule has 74 valence electrons. The van der Waals surface area contributed by atoms with E-state index in [2.05, 4.69) is 0 Å². The largest absolute Gasteiger partial charge is 0.412 e. The fraction of sp³-hybridized carbons (Fsp3) is 0. The van der Waals surface area contributed by atoms with Crippen LogP contribution in [0.25, 0.3) is 0 Å². The zero-order valence-electron chi connectivity index (χ0n) is 7.93. The molecule has 2 aromatic carbocycles. The third-order valence-electron chi connectivity index (χ3n) is 1.47. The average molecular weight is 189 g/mol. The Bertz CT molecular complexity index is 281. The van der Waals surface area contributed by atoms with E-state index in [0.29, 0.717) is 0 Å². The number of rotatable bonds is 0. The van der Waals surface area contributed by atoms with Crippen LogP contribution in [0, 0.1) is 0 Å². The van der Waals surface area contributed by atoms with Crippen LogP contribution in [0.3, 0.4) is 0 Å². The first-order valence-electron chi connectivity index (χ1n) is 4.20. The molecule has 0 atom stereocenters. The van der Waals surface area contributed by atoms with Gasteiger partial charge in [0.2, 0.25) is 0 Å². The first kappa shape index (κ1) is 12.2. The van der Waals surface area contributed by atoms with E-state index in [1.165, 1.54) is 0 Å². The van der Waals surface area contributed by atoms with E-state index in [1.54, 1.807) is 0 Å². The summed E-state index contributed by atoms with van der Waals surface area (Å²) in [5, 5.41) is 0. The summed E-state index contributed by atoms with van der Waals surface area (Å²) in [5.41, 5.74) is 6.18. The summed E-state index contributed by atoms with van der Waals surface area (Å²) in [4.78, 5) is 0. The first-order valence-corrected chi connectivity index (χ1v) is 4.20. The van der Waals surface area contributed by atoms with Crippen molar-refractivity contribution in [3.63, 3.8) is 0 Å². The third-order valence-corrected chi connectivity index (χ3v) is 1.47. The van der Waals surface area contributed by atoms with Gasteiger partial charge in [-0.3, -0.25) is 0 Å². The second-order valence-corrected chi connectivity index (χ2v) is 2.57. The number of hydrogen-bond donors (Lipinski definition) is 1. The van der Waals surface area contributed by atoms with Crippen LogP contribution >= 0.6 is 0 Å². The van der Waals surface area contributed by atoms with Crippen LogP contribution in [0.5, 0.6) is 0 Å². The molecule has 2 aromatic rings. The Kier molecular flexibility index (Phi) is 6.82. The van der Waals surface area contributed by atoms with E-state index in [0.717, 1.165) is 5.69 Å². The highest BCUT2D eigenvalue weighted by Gasteiger charge is 1.72. The fourth-order valence-electron chi connectivity index (χ4n) is 0.838. The quantitative estimate of drug-likeness (QED) is 0.634. The Labute approximate surface area is 84.3 Å². The highest BCUT2D eigenvalue weighted by molar-refractivity contribution is 5.35. The zero-order chi connectivity index (χ0) is 9.36. The summed E-state index contributed by atoms with van der Waals surface area (Å²) in [6.07, 6.45) is 0. The maximum absolute atomic E-state index is 5.36. The molecule has 2 nitrogen and oxygen atoms in total. The lowest BCUT2D eigenvalue weighted by Gasteiger charge is -1.83. The minimum Gasteiger partial charge on any atom is -0.412 e. The fourth-order valence-corrected chi connectivity index (χ4v) is 0.838. The predicted octanol–water partition coefficient (Wildman–Crippen LogP) is 2.13. The monoisotopic (exact) mass is 189 g/mol. The molecule has 0 saturated carbocycles. The SMILES string of the molecule is Nc1ccccc1.O.c1ccccc1. The normalized spacial score (nSPS) is 7.71. The molecule has 0 heterocycles. The molecular formula is C12H15NO. The number of nitrogen functional groups attached to an aromatic ring is 1. The molecule has 0 unspecified atom stereocenters. The molecule has 0 saturated heterocycles. The van der Waals surface area contributed by atoms with E-state index in [1.807, 2.05) is 66.7 Å². The van der Waals surface area contributed by atoms with Crippen molar-refractivity contribution in [1.82, 2.24) is 0 Å². The highest BCUT2D eigenvalue weighted by atomic mass is 16.0. The molecule has 0 aromatic heterocycles. The van der Waals surface area contributed by atoms with Gasteiger partial charge in [-0.05, 0) is 12.1 Å². The Morgan fingerprint density at radius 1 is 0.571 bits per heavy atom. The number of para-hydroxylation sites is 1. The lowest BCUT2D eigenvalue weighted by Crippen LogP contribution is -1.79. The summed E-state index contributed by atoms with van der Waals surface area (Å²) in [5.74, 6) is 0. The van der Waals surface area contributed by atoms with Crippen LogP contribution in [0.15, 0.2) is 66.7 Å². The number of anilines is 1. The van der Waals surface area contributed by atoms with E-state index in [9.17, 15) is 0 Å². The minimum absolute atomic E-state index is 0. The van der Waals surface area contributed by atoms with Gasteiger partial charge in [0, 0.05) is 5.69 Å². The number of hydrogen-bond acceptors (Lipinski definition) is 1. The summed E-state index contributed by atoms with van der Waals surface area (Å²) in [6, 6.07) is 21.5. The van der Waals surface area contributed by atoms with Gasteiger partial charge in [-0.1, -0.05) is 54.6 Å². The molecule has 4 N–H and O–H groups in total. The summed E-state index contributed by atoms with van der Waals surface area (Å²) >= 11 is 0.